The molecular formula is C30H38O4. The van der Waals surface area contributed by atoms with E-state index in [9.17, 15) is 15.3 Å². The van der Waals surface area contributed by atoms with Gasteiger partial charge in [0.1, 0.15) is 11.5 Å². The zero-order valence-corrected chi connectivity index (χ0v) is 21.9. The highest BCUT2D eigenvalue weighted by molar-refractivity contribution is 5.63. The number of phenolic OH excluding ortho intramolecular Hbond substituents is 3. The van der Waals surface area contributed by atoms with E-state index in [1.807, 2.05) is 50.2 Å². The second-order valence-corrected chi connectivity index (χ2v) is 11.3. The predicted octanol–water partition coefficient (Wildman–Crippen LogP) is 7.20. The third-order valence-electron chi connectivity index (χ3n) is 6.37. The second kappa shape index (κ2) is 8.90. The van der Waals surface area contributed by atoms with Gasteiger partial charge in [-0.05, 0) is 41.9 Å². The molecule has 0 aliphatic carbocycles. The van der Waals surface area contributed by atoms with Crippen LogP contribution in [0.4, 0.5) is 0 Å². The molecule has 3 N–H and O–H groups in total. The summed E-state index contributed by atoms with van der Waals surface area (Å²) in [5.74, 6) is 0.0597. The molecule has 4 heteroatoms. The van der Waals surface area contributed by atoms with Gasteiger partial charge in [-0.3, -0.25) is 0 Å². The van der Waals surface area contributed by atoms with Crippen molar-refractivity contribution < 1.29 is 20.1 Å². The number of benzene rings is 3. The number of rotatable bonds is 4. The van der Waals surface area contributed by atoms with Crippen molar-refractivity contribution in [1.82, 2.24) is 0 Å². The molecule has 3 aromatic rings. The van der Waals surface area contributed by atoms with E-state index in [0.29, 0.717) is 22.4 Å². The first-order chi connectivity index (χ1) is 15.7. The lowest BCUT2D eigenvalue weighted by atomic mass is 9.76. The summed E-state index contributed by atoms with van der Waals surface area (Å²) in [5, 5.41) is 34.3. The summed E-state index contributed by atoms with van der Waals surface area (Å²) in [6, 6.07) is 13.2. The van der Waals surface area contributed by atoms with Crippen LogP contribution >= 0.6 is 0 Å². The third kappa shape index (κ3) is 4.72. The number of aryl methyl sites for hydroxylation is 2. The van der Waals surface area contributed by atoms with Crippen molar-refractivity contribution >= 4 is 0 Å². The Morgan fingerprint density at radius 3 is 1.47 bits per heavy atom. The predicted molar refractivity (Wildman–Crippen MR) is 139 cm³/mol. The zero-order chi connectivity index (χ0) is 25.6. The van der Waals surface area contributed by atoms with Gasteiger partial charge in [0.15, 0.2) is 11.5 Å². The van der Waals surface area contributed by atoms with Crippen LogP contribution in [0, 0.1) is 13.8 Å². The number of methoxy groups -OCH3 is 1. The molecule has 0 atom stereocenters. The lowest BCUT2D eigenvalue weighted by Gasteiger charge is -2.29. The maximum absolute atomic E-state index is 11.6. The third-order valence-corrected chi connectivity index (χ3v) is 6.37. The average Bonchev–Trinajstić information content (AvgIpc) is 2.72. The number of aromatic hydroxyl groups is 3. The van der Waals surface area contributed by atoms with E-state index in [-0.39, 0.29) is 28.1 Å². The fourth-order valence-corrected chi connectivity index (χ4v) is 4.64. The van der Waals surface area contributed by atoms with Gasteiger partial charge in [0.05, 0.1) is 7.11 Å². The number of ether oxygens (including phenoxy) is 1. The fraction of sp³-hybridized carbons (Fsp3) is 0.400. The standard InChI is InChI=1S/C30H38O4/c1-17-13-20(26(31)22(15-17)29(3,4)5)25(19-11-10-12-24(34-9)28(19)33)21-14-18(2)16-23(27(21)32)30(6,7)8/h10-16,25,31-33H,1-9H3. The van der Waals surface area contributed by atoms with Crippen LogP contribution in [0.25, 0.3) is 0 Å². The van der Waals surface area contributed by atoms with Crippen molar-refractivity contribution in [3.05, 3.63) is 81.4 Å². The highest BCUT2D eigenvalue weighted by Crippen LogP contribution is 2.50. The largest absolute Gasteiger partial charge is 0.507 e. The lowest BCUT2D eigenvalue weighted by Crippen LogP contribution is -2.16. The molecule has 0 radical (unpaired) electrons. The molecule has 0 saturated heterocycles. The lowest BCUT2D eigenvalue weighted by molar-refractivity contribution is 0.369. The van der Waals surface area contributed by atoms with Crippen molar-refractivity contribution in [3.63, 3.8) is 0 Å². The monoisotopic (exact) mass is 462 g/mol. The maximum atomic E-state index is 11.6. The second-order valence-electron chi connectivity index (χ2n) is 11.3. The summed E-state index contributed by atoms with van der Waals surface area (Å²) in [6.45, 7) is 16.4. The van der Waals surface area contributed by atoms with Gasteiger partial charge in [0.2, 0.25) is 0 Å². The van der Waals surface area contributed by atoms with Crippen molar-refractivity contribution in [2.75, 3.05) is 7.11 Å². The first-order valence-corrected chi connectivity index (χ1v) is 11.7. The van der Waals surface area contributed by atoms with Crippen LogP contribution in [0.15, 0.2) is 42.5 Å². The molecule has 3 aromatic carbocycles. The van der Waals surface area contributed by atoms with Crippen LogP contribution in [0.5, 0.6) is 23.0 Å². The minimum absolute atomic E-state index is 0.00794. The fourth-order valence-electron chi connectivity index (χ4n) is 4.64. The van der Waals surface area contributed by atoms with Crippen LogP contribution in [-0.2, 0) is 10.8 Å². The smallest absolute Gasteiger partial charge is 0.161 e. The molecule has 0 bridgehead atoms. The van der Waals surface area contributed by atoms with Crippen LogP contribution in [0.2, 0.25) is 0 Å². The molecule has 0 aliphatic heterocycles. The number of para-hydroxylation sites is 1. The van der Waals surface area contributed by atoms with Crippen molar-refractivity contribution in [3.8, 4) is 23.0 Å². The Labute approximate surface area is 203 Å². The van der Waals surface area contributed by atoms with Crippen molar-refractivity contribution in [1.29, 1.82) is 0 Å². The molecule has 0 aliphatic rings. The van der Waals surface area contributed by atoms with Gasteiger partial charge in [0, 0.05) is 22.6 Å². The molecule has 0 unspecified atom stereocenters. The van der Waals surface area contributed by atoms with Gasteiger partial charge >= 0.3 is 0 Å². The molecule has 182 valence electrons. The minimum Gasteiger partial charge on any atom is -0.507 e. The summed E-state index contributed by atoms with van der Waals surface area (Å²) in [6.07, 6.45) is 0. The molecule has 0 spiro atoms. The number of hydrogen-bond donors (Lipinski definition) is 3. The number of hydrogen-bond acceptors (Lipinski definition) is 4. The molecule has 0 aromatic heterocycles. The Bertz CT molecular complexity index is 1140. The van der Waals surface area contributed by atoms with E-state index in [4.69, 9.17) is 4.74 Å². The molecule has 0 amide bonds. The molecule has 34 heavy (non-hydrogen) atoms. The van der Waals surface area contributed by atoms with Gasteiger partial charge in [-0.15, -0.1) is 0 Å². The highest BCUT2D eigenvalue weighted by Gasteiger charge is 2.32. The van der Waals surface area contributed by atoms with Crippen LogP contribution in [0.1, 0.15) is 86.4 Å². The Morgan fingerprint density at radius 1 is 0.647 bits per heavy atom. The van der Waals surface area contributed by atoms with Crippen LogP contribution in [0.3, 0.4) is 0 Å². The average molecular weight is 463 g/mol. The summed E-state index contributed by atoms with van der Waals surface area (Å²) in [4.78, 5) is 0. The van der Waals surface area contributed by atoms with Crippen LogP contribution in [-0.4, -0.2) is 22.4 Å². The quantitative estimate of drug-likeness (QED) is 0.358. The Balaban J connectivity index is 2.49. The summed E-state index contributed by atoms with van der Waals surface area (Å²) >= 11 is 0. The van der Waals surface area contributed by atoms with Crippen molar-refractivity contribution in [2.24, 2.45) is 0 Å². The van der Waals surface area contributed by atoms with E-state index in [0.717, 1.165) is 22.3 Å². The Morgan fingerprint density at radius 2 is 1.09 bits per heavy atom. The molecule has 0 fully saturated rings. The van der Waals surface area contributed by atoms with Gasteiger partial charge in [0.25, 0.3) is 0 Å². The highest BCUT2D eigenvalue weighted by atomic mass is 16.5. The van der Waals surface area contributed by atoms with Gasteiger partial charge in [-0.25, -0.2) is 0 Å². The summed E-state index contributed by atoms with van der Waals surface area (Å²) in [5.41, 5.74) is 4.86. The van der Waals surface area contributed by atoms with Gasteiger partial charge in [-0.2, -0.15) is 0 Å². The first-order valence-electron chi connectivity index (χ1n) is 11.7. The topological polar surface area (TPSA) is 69.9 Å². The maximum Gasteiger partial charge on any atom is 0.161 e. The van der Waals surface area contributed by atoms with Gasteiger partial charge < -0.3 is 20.1 Å². The normalized spacial score (nSPS) is 12.3. The molecule has 3 rings (SSSR count). The first kappa shape index (κ1) is 25.5. The van der Waals surface area contributed by atoms with E-state index < -0.39 is 5.92 Å². The summed E-state index contributed by atoms with van der Waals surface area (Å²) in [7, 11) is 1.51. The van der Waals surface area contributed by atoms with Crippen molar-refractivity contribution in [2.45, 2.75) is 72.1 Å². The minimum atomic E-state index is -0.614. The SMILES string of the molecule is COc1cccc(C(c2cc(C)cc(C(C)(C)C)c2O)c2cc(C)cc(C(C)(C)C)c2O)c1O. The molecule has 4 nitrogen and oxygen atoms in total. The van der Waals surface area contributed by atoms with E-state index in [1.165, 1.54) is 7.11 Å². The molecular weight excluding hydrogens is 424 g/mol. The van der Waals surface area contributed by atoms with E-state index in [1.54, 1.807) is 6.07 Å². The van der Waals surface area contributed by atoms with E-state index in [2.05, 4.69) is 41.5 Å². The van der Waals surface area contributed by atoms with Gasteiger partial charge in [-0.1, -0.05) is 89.1 Å². The van der Waals surface area contributed by atoms with Crippen LogP contribution < -0.4 is 4.74 Å². The number of phenols is 3. The zero-order valence-electron chi connectivity index (χ0n) is 21.9. The summed E-state index contributed by atoms with van der Waals surface area (Å²) < 4.78 is 5.40. The molecule has 0 heterocycles. The Kier molecular flexibility index (Phi) is 6.67. The van der Waals surface area contributed by atoms with E-state index >= 15 is 0 Å². The Hall–Kier alpha value is -3.14. The molecule has 0 saturated carbocycles.